The molecule has 1 N–H and O–H groups in total. The summed E-state index contributed by atoms with van der Waals surface area (Å²) >= 11 is 0. The summed E-state index contributed by atoms with van der Waals surface area (Å²) in [5, 5.41) is 1.19. The molecule has 0 radical (unpaired) electrons. The third-order valence-electron chi connectivity index (χ3n) is 8.99. The Balaban J connectivity index is 1.53. The first kappa shape index (κ1) is 29.7. The van der Waals surface area contributed by atoms with Crippen LogP contribution < -0.4 is 23.7 Å². The maximum absolute atomic E-state index is 13.7. The van der Waals surface area contributed by atoms with Crippen molar-refractivity contribution in [2.45, 2.75) is 31.1 Å². The quantitative estimate of drug-likeness (QED) is 0.255. The van der Waals surface area contributed by atoms with Gasteiger partial charge in [0.05, 0.1) is 54.9 Å². The van der Waals surface area contributed by atoms with Gasteiger partial charge >= 0.3 is 5.97 Å². The number of rotatable bonds is 10. The average Bonchev–Trinajstić information content (AvgIpc) is 3.64. The monoisotopic (exact) mass is 601 g/mol. The lowest BCUT2D eigenvalue weighted by Gasteiger charge is -2.37. The van der Waals surface area contributed by atoms with Crippen molar-refractivity contribution in [3.63, 3.8) is 0 Å². The fourth-order valence-electron chi connectivity index (χ4n) is 7.00. The predicted molar refractivity (Wildman–Crippen MR) is 166 cm³/mol. The van der Waals surface area contributed by atoms with Crippen LogP contribution in [0.1, 0.15) is 34.5 Å². The van der Waals surface area contributed by atoms with Gasteiger partial charge in [0.2, 0.25) is 5.75 Å². The largest absolute Gasteiger partial charge is 0.493 e. The fourth-order valence-corrected chi connectivity index (χ4v) is 7.00. The number of hydrogen-bond acceptors (Lipinski definition) is 9. The van der Waals surface area contributed by atoms with Crippen LogP contribution in [0.4, 0.5) is 0 Å². The number of H-pyrrole nitrogens is 1. The van der Waals surface area contributed by atoms with Gasteiger partial charge in [-0.3, -0.25) is 14.6 Å². The van der Waals surface area contributed by atoms with Crippen molar-refractivity contribution in [3.8, 4) is 28.7 Å². The molecule has 4 aromatic rings. The van der Waals surface area contributed by atoms with E-state index in [9.17, 15) is 4.79 Å². The van der Waals surface area contributed by atoms with E-state index in [2.05, 4.69) is 51.3 Å². The summed E-state index contributed by atoms with van der Waals surface area (Å²) in [6, 6.07) is 15.3. The Hall–Kier alpha value is -4.41. The second-order valence-corrected chi connectivity index (χ2v) is 11.0. The molecule has 0 spiro atoms. The zero-order chi connectivity index (χ0) is 31.0. The molecule has 3 atom stereocenters. The number of aromatic amines is 1. The Morgan fingerprint density at radius 1 is 0.864 bits per heavy atom. The number of esters is 1. The Morgan fingerprint density at radius 3 is 2.20 bits per heavy atom. The third kappa shape index (κ3) is 4.88. The minimum absolute atomic E-state index is 0.225. The number of fused-ring (bicyclic) bond motifs is 4. The minimum Gasteiger partial charge on any atom is -0.493 e. The summed E-state index contributed by atoms with van der Waals surface area (Å²) in [6.07, 6.45) is 3.36. The predicted octanol–water partition coefficient (Wildman–Crippen LogP) is 4.91. The van der Waals surface area contributed by atoms with E-state index in [-0.39, 0.29) is 18.2 Å². The topological polar surface area (TPSA) is 94.7 Å². The Labute approximate surface area is 257 Å². The molecule has 0 saturated carbocycles. The zero-order valence-corrected chi connectivity index (χ0v) is 26.0. The molecule has 0 unspecified atom stereocenters. The van der Waals surface area contributed by atoms with Crippen LogP contribution in [0.3, 0.4) is 0 Å². The third-order valence-corrected chi connectivity index (χ3v) is 8.99. The molecule has 0 amide bonds. The van der Waals surface area contributed by atoms with E-state index in [0.29, 0.717) is 41.8 Å². The number of hydrogen-bond donors (Lipinski definition) is 1. The van der Waals surface area contributed by atoms with Crippen molar-refractivity contribution < 1.29 is 33.2 Å². The van der Waals surface area contributed by atoms with Gasteiger partial charge in [0, 0.05) is 30.2 Å². The van der Waals surface area contributed by atoms with Gasteiger partial charge in [-0.2, -0.15) is 0 Å². The number of nitrogens with one attached hydrogen (secondary N) is 1. The molecule has 1 aromatic heterocycles. The van der Waals surface area contributed by atoms with E-state index in [4.69, 9.17) is 28.4 Å². The van der Waals surface area contributed by atoms with Crippen LogP contribution in [0, 0.1) is 0 Å². The molecular weight excluding hydrogens is 562 g/mol. The SMILES string of the molecule is COC(=O)[C@@H]1[C@@H](c2cc(OC)c(OC)c(OC)c2)N(CCc2c[nH]c3ccccc23)[C@H]2c3cc(OC)c(OC)cc3CCN21. The van der Waals surface area contributed by atoms with Crippen molar-refractivity contribution in [1.82, 2.24) is 14.8 Å². The van der Waals surface area contributed by atoms with Gasteiger partial charge in [0.15, 0.2) is 23.0 Å². The highest BCUT2D eigenvalue weighted by molar-refractivity contribution is 5.83. The molecule has 44 heavy (non-hydrogen) atoms. The molecular formula is C34H39N3O7. The maximum atomic E-state index is 13.7. The molecule has 1 saturated heterocycles. The minimum atomic E-state index is -0.586. The standard InChI is InChI=1S/C34H39N3O7/c1-39-26-15-20-11-13-37-31(34(38)44-6)30(22-16-28(41-3)32(43-5)29(17-22)42-4)36(33(37)24(20)18-27(26)40-2)14-12-21-19-35-25-10-8-7-9-23(21)25/h7-10,15-19,30-31,33,35H,11-14H2,1-6H3/t30-,31+,33-/m1/s1. The van der Waals surface area contributed by atoms with Crippen LogP contribution >= 0.6 is 0 Å². The number of methoxy groups -OCH3 is 6. The summed E-state index contributed by atoms with van der Waals surface area (Å²) in [5.74, 6) is 2.59. The van der Waals surface area contributed by atoms with Crippen LogP contribution in [0.5, 0.6) is 28.7 Å². The van der Waals surface area contributed by atoms with E-state index in [1.807, 2.05) is 18.2 Å². The van der Waals surface area contributed by atoms with Crippen LogP contribution in [0.2, 0.25) is 0 Å². The highest BCUT2D eigenvalue weighted by Crippen LogP contribution is 2.52. The molecule has 2 aliphatic heterocycles. The number of nitrogens with zero attached hydrogens (tertiary/aromatic N) is 2. The molecule has 3 aromatic carbocycles. The summed E-state index contributed by atoms with van der Waals surface area (Å²) in [5.41, 5.74) is 5.41. The van der Waals surface area contributed by atoms with Crippen LogP contribution in [0.25, 0.3) is 10.9 Å². The van der Waals surface area contributed by atoms with Crippen molar-refractivity contribution in [1.29, 1.82) is 0 Å². The Kier molecular flexibility index (Phi) is 8.29. The Morgan fingerprint density at radius 2 is 1.55 bits per heavy atom. The highest BCUT2D eigenvalue weighted by atomic mass is 16.5. The maximum Gasteiger partial charge on any atom is 0.325 e. The number of ether oxygens (including phenoxy) is 6. The molecule has 10 nitrogen and oxygen atoms in total. The number of aromatic nitrogens is 1. The lowest BCUT2D eigenvalue weighted by molar-refractivity contribution is -0.147. The van der Waals surface area contributed by atoms with E-state index >= 15 is 0 Å². The van der Waals surface area contributed by atoms with Crippen molar-refractivity contribution in [3.05, 3.63) is 77.0 Å². The van der Waals surface area contributed by atoms with Gasteiger partial charge in [-0.15, -0.1) is 0 Å². The lowest BCUT2D eigenvalue weighted by atomic mass is 9.95. The molecule has 2 aliphatic rings. The van der Waals surface area contributed by atoms with Crippen LogP contribution in [-0.4, -0.2) is 82.5 Å². The van der Waals surface area contributed by atoms with Gasteiger partial charge < -0.3 is 33.4 Å². The normalized spacial score (nSPS) is 19.7. The zero-order valence-electron chi connectivity index (χ0n) is 26.0. The number of benzene rings is 3. The molecule has 1 fully saturated rings. The molecule has 0 bridgehead atoms. The molecule has 6 rings (SSSR count). The molecule has 3 heterocycles. The summed E-state index contributed by atoms with van der Waals surface area (Å²) < 4.78 is 34.0. The summed E-state index contributed by atoms with van der Waals surface area (Å²) in [6.45, 7) is 1.32. The van der Waals surface area contributed by atoms with Gasteiger partial charge in [-0.05, 0) is 65.4 Å². The molecule has 10 heteroatoms. The Bertz CT molecular complexity index is 1640. The van der Waals surface area contributed by atoms with Crippen LogP contribution in [0.15, 0.2) is 54.7 Å². The number of para-hydroxylation sites is 1. The first-order chi connectivity index (χ1) is 21.5. The smallest absolute Gasteiger partial charge is 0.325 e. The first-order valence-electron chi connectivity index (χ1n) is 14.7. The fraction of sp³-hybridized carbons (Fsp3) is 0.382. The summed E-state index contributed by atoms with van der Waals surface area (Å²) in [4.78, 5) is 21.8. The first-order valence-corrected chi connectivity index (χ1v) is 14.7. The van der Waals surface area contributed by atoms with Gasteiger partial charge in [-0.25, -0.2) is 0 Å². The van der Waals surface area contributed by atoms with Gasteiger partial charge in [0.25, 0.3) is 0 Å². The van der Waals surface area contributed by atoms with Gasteiger partial charge in [-0.1, -0.05) is 18.2 Å². The van der Waals surface area contributed by atoms with E-state index in [1.54, 1.807) is 35.5 Å². The average molecular weight is 602 g/mol. The van der Waals surface area contributed by atoms with E-state index in [1.165, 1.54) is 18.1 Å². The summed E-state index contributed by atoms with van der Waals surface area (Å²) in [7, 11) is 9.52. The van der Waals surface area contributed by atoms with Crippen LogP contribution in [-0.2, 0) is 22.4 Å². The number of carbonyl (C=O) groups is 1. The van der Waals surface area contributed by atoms with Crippen molar-refractivity contribution >= 4 is 16.9 Å². The highest BCUT2D eigenvalue weighted by Gasteiger charge is 2.54. The molecule has 0 aliphatic carbocycles. The van der Waals surface area contributed by atoms with Crippen molar-refractivity contribution in [2.75, 3.05) is 55.7 Å². The second-order valence-electron chi connectivity index (χ2n) is 11.0. The van der Waals surface area contributed by atoms with E-state index in [0.717, 1.165) is 35.0 Å². The lowest BCUT2D eigenvalue weighted by Crippen LogP contribution is -2.43. The van der Waals surface area contributed by atoms with Gasteiger partial charge in [0.1, 0.15) is 6.04 Å². The van der Waals surface area contributed by atoms with E-state index < -0.39 is 6.04 Å². The second kappa shape index (κ2) is 12.3. The van der Waals surface area contributed by atoms with Crippen molar-refractivity contribution in [2.24, 2.45) is 0 Å². The molecule has 232 valence electrons. The number of carbonyl (C=O) groups excluding carboxylic acids is 1.